The Morgan fingerprint density at radius 1 is 1.24 bits per heavy atom. The van der Waals surface area contributed by atoms with Gasteiger partial charge in [-0.15, -0.1) is 6.58 Å². The number of hydrogen-bond acceptors (Lipinski definition) is 2. The lowest BCUT2D eigenvalue weighted by atomic mass is 10.1. The number of nitrogens with zero attached hydrogens (tertiary/aromatic N) is 2. The van der Waals surface area contributed by atoms with Crippen LogP contribution in [0.3, 0.4) is 0 Å². The van der Waals surface area contributed by atoms with Crippen LogP contribution in [0.5, 0.6) is 0 Å². The molecular formula is C17H16BrN3. The Balaban J connectivity index is 2.21. The minimum absolute atomic E-state index is 0.685. The summed E-state index contributed by atoms with van der Waals surface area (Å²) in [4.78, 5) is 4.55. The van der Waals surface area contributed by atoms with Crippen LogP contribution in [0.2, 0.25) is 0 Å². The van der Waals surface area contributed by atoms with E-state index in [9.17, 15) is 0 Å². The van der Waals surface area contributed by atoms with Gasteiger partial charge in [-0.1, -0.05) is 46.3 Å². The van der Waals surface area contributed by atoms with Gasteiger partial charge in [0, 0.05) is 22.6 Å². The zero-order valence-corrected chi connectivity index (χ0v) is 13.4. The molecule has 0 unspecified atom stereocenters. The molecule has 0 saturated heterocycles. The summed E-state index contributed by atoms with van der Waals surface area (Å²) in [6.07, 6.45) is 3.87. The third-order valence-corrected chi connectivity index (χ3v) is 4.03. The van der Waals surface area contributed by atoms with Gasteiger partial charge < -0.3 is 5.32 Å². The molecule has 0 amide bonds. The molecule has 1 N–H and O–H groups in total. The highest BCUT2D eigenvalue weighted by atomic mass is 79.9. The van der Waals surface area contributed by atoms with Crippen LogP contribution in [0.1, 0.15) is 5.69 Å². The van der Waals surface area contributed by atoms with E-state index in [1.807, 2.05) is 25.3 Å². The molecule has 0 aliphatic heterocycles. The number of fused-ring (bicyclic) bond motifs is 1. The Hall–Kier alpha value is -2.07. The summed E-state index contributed by atoms with van der Waals surface area (Å²) in [5.41, 5.74) is 2.09. The van der Waals surface area contributed by atoms with Crippen LogP contribution in [-0.2, 0) is 0 Å². The van der Waals surface area contributed by atoms with Gasteiger partial charge in [0.2, 0.25) is 5.95 Å². The number of rotatable bonds is 4. The van der Waals surface area contributed by atoms with Crippen molar-refractivity contribution in [3.8, 4) is 5.69 Å². The Kier molecular flexibility index (Phi) is 3.80. The van der Waals surface area contributed by atoms with Crippen molar-refractivity contribution >= 4 is 32.7 Å². The third-order valence-electron chi connectivity index (χ3n) is 3.34. The van der Waals surface area contributed by atoms with Crippen molar-refractivity contribution in [2.45, 2.75) is 6.92 Å². The van der Waals surface area contributed by atoms with Crippen LogP contribution in [0.25, 0.3) is 16.5 Å². The lowest BCUT2D eigenvalue weighted by Gasteiger charge is -2.12. The number of hydrogen-bond donors (Lipinski definition) is 1. The molecule has 3 nitrogen and oxygen atoms in total. The molecule has 1 aromatic heterocycles. The van der Waals surface area contributed by atoms with Gasteiger partial charge in [-0.25, -0.2) is 4.98 Å². The van der Waals surface area contributed by atoms with E-state index in [4.69, 9.17) is 0 Å². The van der Waals surface area contributed by atoms with Crippen molar-refractivity contribution in [2.75, 3.05) is 11.9 Å². The SMILES string of the molecule is C=CCNc1nc(C)cn1-c1ccc(Br)c2ccccc12. The van der Waals surface area contributed by atoms with Crippen molar-refractivity contribution in [1.82, 2.24) is 9.55 Å². The minimum Gasteiger partial charge on any atom is -0.352 e. The molecule has 0 saturated carbocycles. The van der Waals surface area contributed by atoms with Crippen molar-refractivity contribution in [2.24, 2.45) is 0 Å². The van der Waals surface area contributed by atoms with Crippen LogP contribution in [0, 0.1) is 6.92 Å². The van der Waals surface area contributed by atoms with E-state index in [0.29, 0.717) is 6.54 Å². The van der Waals surface area contributed by atoms with Crippen LogP contribution in [0.4, 0.5) is 5.95 Å². The number of imidazole rings is 1. The first-order valence-corrected chi connectivity index (χ1v) is 7.58. The highest BCUT2D eigenvalue weighted by molar-refractivity contribution is 9.10. The lowest BCUT2D eigenvalue weighted by molar-refractivity contribution is 1.05. The zero-order chi connectivity index (χ0) is 14.8. The smallest absolute Gasteiger partial charge is 0.208 e. The number of benzene rings is 2. The van der Waals surface area contributed by atoms with Gasteiger partial charge in [0.1, 0.15) is 0 Å². The Bertz CT molecular complexity index is 805. The molecule has 106 valence electrons. The fourth-order valence-electron chi connectivity index (χ4n) is 2.43. The average Bonchev–Trinajstić information content (AvgIpc) is 2.86. The van der Waals surface area contributed by atoms with Gasteiger partial charge >= 0.3 is 0 Å². The minimum atomic E-state index is 0.685. The first-order chi connectivity index (χ1) is 10.2. The second-order valence-electron chi connectivity index (χ2n) is 4.86. The molecule has 0 atom stereocenters. The Morgan fingerprint density at radius 2 is 2.00 bits per heavy atom. The highest BCUT2D eigenvalue weighted by Gasteiger charge is 2.11. The molecule has 4 heteroatoms. The first-order valence-electron chi connectivity index (χ1n) is 6.79. The summed E-state index contributed by atoms with van der Waals surface area (Å²) in [5, 5.41) is 5.66. The number of anilines is 1. The van der Waals surface area contributed by atoms with Crippen LogP contribution in [-0.4, -0.2) is 16.1 Å². The molecule has 0 spiro atoms. The van der Waals surface area contributed by atoms with Crippen molar-refractivity contribution < 1.29 is 0 Å². The van der Waals surface area contributed by atoms with Gasteiger partial charge in [-0.2, -0.15) is 0 Å². The number of halogens is 1. The van der Waals surface area contributed by atoms with E-state index in [2.05, 4.69) is 67.7 Å². The molecule has 0 radical (unpaired) electrons. The number of aryl methyl sites for hydroxylation is 1. The second kappa shape index (κ2) is 5.74. The van der Waals surface area contributed by atoms with Gasteiger partial charge in [0.25, 0.3) is 0 Å². The fraction of sp³-hybridized carbons (Fsp3) is 0.118. The average molecular weight is 342 g/mol. The molecule has 3 aromatic rings. The highest BCUT2D eigenvalue weighted by Crippen LogP contribution is 2.30. The maximum Gasteiger partial charge on any atom is 0.208 e. The monoisotopic (exact) mass is 341 g/mol. The summed E-state index contributed by atoms with van der Waals surface area (Å²) in [7, 11) is 0. The fourth-order valence-corrected chi connectivity index (χ4v) is 2.90. The van der Waals surface area contributed by atoms with E-state index in [1.165, 1.54) is 10.8 Å². The summed E-state index contributed by atoms with van der Waals surface area (Å²) in [6.45, 7) is 6.42. The van der Waals surface area contributed by atoms with Crippen molar-refractivity contribution in [1.29, 1.82) is 0 Å². The quantitative estimate of drug-likeness (QED) is 0.697. The largest absolute Gasteiger partial charge is 0.352 e. The van der Waals surface area contributed by atoms with E-state index in [-0.39, 0.29) is 0 Å². The molecule has 21 heavy (non-hydrogen) atoms. The Morgan fingerprint density at radius 3 is 2.76 bits per heavy atom. The normalized spacial score (nSPS) is 10.8. The maximum atomic E-state index is 4.55. The summed E-state index contributed by atoms with van der Waals surface area (Å²) in [5.74, 6) is 0.833. The molecule has 0 fully saturated rings. The molecule has 0 aliphatic rings. The maximum absolute atomic E-state index is 4.55. The van der Waals surface area contributed by atoms with E-state index < -0.39 is 0 Å². The number of aromatic nitrogens is 2. The predicted molar refractivity (Wildman–Crippen MR) is 92.2 cm³/mol. The van der Waals surface area contributed by atoms with Crippen LogP contribution < -0.4 is 5.32 Å². The Labute approximate surface area is 132 Å². The van der Waals surface area contributed by atoms with E-state index in [0.717, 1.165) is 21.8 Å². The molecule has 0 aliphatic carbocycles. The molecular weight excluding hydrogens is 326 g/mol. The topological polar surface area (TPSA) is 29.9 Å². The summed E-state index contributed by atoms with van der Waals surface area (Å²) in [6, 6.07) is 12.5. The molecule has 2 aromatic carbocycles. The van der Waals surface area contributed by atoms with Gasteiger partial charge in [0.05, 0.1) is 11.4 Å². The van der Waals surface area contributed by atoms with Crippen LogP contribution in [0.15, 0.2) is 59.7 Å². The van der Waals surface area contributed by atoms with E-state index >= 15 is 0 Å². The zero-order valence-electron chi connectivity index (χ0n) is 11.8. The predicted octanol–water partition coefficient (Wildman–Crippen LogP) is 4.69. The van der Waals surface area contributed by atoms with Crippen molar-refractivity contribution in [3.63, 3.8) is 0 Å². The van der Waals surface area contributed by atoms with E-state index in [1.54, 1.807) is 0 Å². The number of nitrogens with one attached hydrogen (secondary N) is 1. The van der Waals surface area contributed by atoms with Gasteiger partial charge in [0.15, 0.2) is 0 Å². The molecule has 3 rings (SSSR count). The molecule has 1 heterocycles. The second-order valence-corrected chi connectivity index (χ2v) is 5.71. The standard InChI is InChI=1S/C17H16BrN3/c1-3-10-19-17-20-12(2)11-21(17)16-9-8-15(18)13-6-4-5-7-14(13)16/h3-9,11H,1,10H2,2H3,(H,19,20). The third kappa shape index (κ3) is 2.59. The summed E-state index contributed by atoms with van der Waals surface area (Å²) >= 11 is 3.62. The molecule has 0 bridgehead atoms. The van der Waals surface area contributed by atoms with Gasteiger partial charge in [-0.05, 0) is 24.4 Å². The first kappa shape index (κ1) is 13.9. The summed E-state index contributed by atoms with van der Waals surface area (Å²) < 4.78 is 3.19. The van der Waals surface area contributed by atoms with Crippen molar-refractivity contribution in [3.05, 3.63) is 65.4 Å². The van der Waals surface area contributed by atoms with Gasteiger partial charge in [-0.3, -0.25) is 4.57 Å². The van der Waals surface area contributed by atoms with Crippen LogP contribution >= 0.6 is 15.9 Å². The lowest BCUT2D eigenvalue weighted by Crippen LogP contribution is -2.06.